The summed E-state index contributed by atoms with van der Waals surface area (Å²) < 4.78 is 11.5. The first-order chi connectivity index (χ1) is 9.63. The van der Waals surface area contributed by atoms with E-state index < -0.39 is 0 Å². The Kier molecular flexibility index (Phi) is 4.17. The highest BCUT2D eigenvalue weighted by Crippen LogP contribution is 2.34. The minimum absolute atomic E-state index is 0.238. The van der Waals surface area contributed by atoms with Crippen molar-refractivity contribution in [1.82, 2.24) is 0 Å². The molecule has 0 bridgehead atoms. The summed E-state index contributed by atoms with van der Waals surface area (Å²) in [5.74, 6) is 0.798. The summed E-state index contributed by atoms with van der Waals surface area (Å²) in [7, 11) is 1.66. The molecular formula is C16H24N2O2S. The number of benzene rings is 1. The van der Waals surface area contributed by atoms with Crippen molar-refractivity contribution >= 4 is 22.9 Å². The number of thiocarbonyl (C=S) groups is 1. The molecule has 4 nitrogen and oxygen atoms in total. The summed E-state index contributed by atoms with van der Waals surface area (Å²) in [6, 6.07) is 5.80. The highest BCUT2D eigenvalue weighted by atomic mass is 32.1. The third-order valence-electron chi connectivity index (χ3n) is 3.51. The van der Waals surface area contributed by atoms with Gasteiger partial charge in [-0.2, -0.15) is 0 Å². The molecule has 1 aliphatic rings. The summed E-state index contributed by atoms with van der Waals surface area (Å²) in [6.07, 6.45) is 0. The summed E-state index contributed by atoms with van der Waals surface area (Å²) in [5, 5.41) is 0. The monoisotopic (exact) mass is 308 g/mol. The molecule has 116 valence electrons. The van der Waals surface area contributed by atoms with E-state index in [4.69, 9.17) is 27.4 Å². The van der Waals surface area contributed by atoms with Gasteiger partial charge in [-0.25, -0.2) is 0 Å². The molecule has 0 radical (unpaired) electrons. The summed E-state index contributed by atoms with van der Waals surface area (Å²) in [4.78, 5) is 2.68. The van der Waals surface area contributed by atoms with Crippen molar-refractivity contribution in [2.45, 2.75) is 38.9 Å². The van der Waals surface area contributed by atoms with Crippen LogP contribution in [0.5, 0.6) is 5.75 Å². The van der Waals surface area contributed by atoms with Crippen LogP contribution in [0.2, 0.25) is 0 Å². The maximum Gasteiger partial charge on any atom is 0.120 e. The van der Waals surface area contributed by atoms with Gasteiger partial charge in [-0.05, 0) is 39.8 Å². The zero-order chi connectivity index (χ0) is 15.8. The van der Waals surface area contributed by atoms with Crippen LogP contribution >= 0.6 is 12.2 Å². The van der Waals surface area contributed by atoms with E-state index in [1.54, 1.807) is 7.11 Å². The number of nitrogens with two attached hydrogens (primary N) is 1. The first-order valence-corrected chi connectivity index (χ1v) is 7.47. The zero-order valence-electron chi connectivity index (χ0n) is 13.4. The maximum atomic E-state index is 6.13. The number of nitrogens with zero attached hydrogens (tertiary/aromatic N) is 1. The fourth-order valence-electron chi connectivity index (χ4n) is 3.07. The van der Waals surface area contributed by atoms with Crippen molar-refractivity contribution in [2.75, 3.05) is 25.1 Å². The Labute approximate surface area is 132 Å². The third-order valence-corrected chi connectivity index (χ3v) is 3.73. The Hall–Kier alpha value is -1.33. The van der Waals surface area contributed by atoms with Crippen molar-refractivity contribution in [1.29, 1.82) is 0 Å². The molecule has 1 aliphatic heterocycles. The van der Waals surface area contributed by atoms with Gasteiger partial charge in [0.25, 0.3) is 0 Å². The summed E-state index contributed by atoms with van der Waals surface area (Å²) in [5.41, 5.74) is 7.29. The van der Waals surface area contributed by atoms with Crippen LogP contribution in [0.4, 0.5) is 5.69 Å². The molecule has 1 fully saturated rings. The molecular weight excluding hydrogens is 284 g/mol. The van der Waals surface area contributed by atoms with Gasteiger partial charge in [0.05, 0.1) is 24.0 Å². The Morgan fingerprint density at radius 1 is 1.24 bits per heavy atom. The first-order valence-electron chi connectivity index (χ1n) is 7.06. The van der Waals surface area contributed by atoms with Crippen LogP contribution in [-0.4, -0.2) is 36.4 Å². The molecule has 0 aromatic heterocycles. The lowest BCUT2D eigenvalue weighted by atomic mass is 9.97. The van der Waals surface area contributed by atoms with Gasteiger partial charge in [0, 0.05) is 24.7 Å². The number of anilines is 1. The topological polar surface area (TPSA) is 47.7 Å². The zero-order valence-corrected chi connectivity index (χ0v) is 14.2. The first kappa shape index (κ1) is 16.0. The van der Waals surface area contributed by atoms with E-state index in [-0.39, 0.29) is 11.2 Å². The number of hydrogen-bond acceptors (Lipinski definition) is 4. The molecule has 1 aromatic carbocycles. The van der Waals surface area contributed by atoms with E-state index in [2.05, 4.69) is 32.6 Å². The predicted molar refractivity (Wildman–Crippen MR) is 90.3 cm³/mol. The minimum Gasteiger partial charge on any atom is -0.497 e. The van der Waals surface area contributed by atoms with Crippen molar-refractivity contribution in [3.8, 4) is 5.75 Å². The number of morpholine rings is 1. The second kappa shape index (κ2) is 5.46. The Morgan fingerprint density at radius 3 is 2.29 bits per heavy atom. The van der Waals surface area contributed by atoms with E-state index in [9.17, 15) is 0 Å². The van der Waals surface area contributed by atoms with Crippen LogP contribution in [0, 0.1) is 0 Å². The molecule has 1 saturated heterocycles. The average molecular weight is 308 g/mol. The highest BCUT2D eigenvalue weighted by molar-refractivity contribution is 7.80. The number of ether oxygens (including phenoxy) is 2. The van der Waals surface area contributed by atoms with Crippen LogP contribution in [0.15, 0.2) is 18.2 Å². The van der Waals surface area contributed by atoms with E-state index in [1.807, 2.05) is 18.2 Å². The molecule has 21 heavy (non-hydrogen) atoms. The Morgan fingerprint density at radius 2 is 1.81 bits per heavy atom. The Bertz CT molecular complexity index is 539. The molecule has 1 aromatic rings. The molecule has 0 atom stereocenters. The fourth-order valence-corrected chi connectivity index (χ4v) is 3.24. The fraction of sp³-hybridized carbons (Fsp3) is 0.562. The lowest BCUT2D eigenvalue weighted by Crippen LogP contribution is -2.57. The van der Waals surface area contributed by atoms with Gasteiger partial charge < -0.3 is 20.1 Å². The van der Waals surface area contributed by atoms with Crippen molar-refractivity contribution in [3.05, 3.63) is 23.8 Å². The SMILES string of the molecule is COc1ccc(C(N)=S)c(N2CC(C)(C)OC(C)(C)C2)c1. The molecule has 0 spiro atoms. The van der Waals surface area contributed by atoms with Gasteiger partial charge in [-0.1, -0.05) is 12.2 Å². The van der Waals surface area contributed by atoms with Gasteiger partial charge in [0.15, 0.2) is 0 Å². The molecule has 0 amide bonds. The molecule has 2 N–H and O–H groups in total. The van der Waals surface area contributed by atoms with Gasteiger partial charge in [-0.3, -0.25) is 0 Å². The smallest absolute Gasteiger partial charge is 0.120 e. The molecule has 0 saturated carbocycles. The van der Waals surface area contributed by atoms with E-state index in [1.165, 1.54) is 0 Å². The predicted octanol–water partition coefficient (Wildman–Crippen LogP) is 2.72. The number of rotatable bonds is 3. The van der Waals surface area contributed by atoms with Gasteiger partial charge in [0.1, 0.15) is 10.7 Å². The number of methoxy groups -OCH3 is 1. The standard InChI is InChI=1S/C16H24N2O2S/c1-15(2)9-18(10-16(3,4)20-15)13-8-11(19-5)6-7-12(13)14(17)21/h6-8H,9-10H2,1-5H3,(H2,17,21). The van der Waals surface area contributed by atoms with Gasteiger partial charge >= 0.3 is 0 Å². The van der Waals surface area contributed by atoms with E-state index in [0.717, 1.165) is 30.1 Å². The normalized spacial score (nSPS) is 20.1. The largest absolute Gasteiger partial charge is 0.497 e. The second-order valence-electron chi connectivity index (χ2n) is 6.72. The van der Waals surface area contributed by atoms with Crippen LogP contribution < -0.4 is 15.4 Å². The molecule has 0 aliphatic carbocycles. The Balaban J connectivity index is 2.46. The quantitative estimate of drug-likeness (QED) is 0.870. The summed E-state index contributed by atoms with van der Waals surface area (Å²) in [6.45, 7) is 9.95. The molecule has 2 rings (SSSR count). The third kappa shape index (κ3) is 3.66. The van der Waals surface area contributed by atoms with Gasteiger partial charge in [0.2, 0.25) is 0 Å². The van der Waals surface area contributed by atoms with Crippen molar-refractivity contribution < 1.29 is 9.47 Å². The lowest BCUT2D eigenvalue weighted by Gasteiger charge is -2.48. The van der Waals surface area contributed by atoms with E-state index >= 15 is 0 Å². The number of hydrogen-bond donors (Lipinski definition) is 1. The molecule has 1 heterocycles. The average Bonchev–Trinajstić information content (AvgIpc) is 2.34. The van der Waals surface area contributed by atoms with Gasteiger partial charge in [-0.15, -0.1) is 0 Å². The van der Waals surface area contributed by atoms with Crippen LogP contribution in [0.25, 0.3) is 0 Å². The lowest BCUT2D eigenvalue weighted by molar-refractivity contribution is -0.133. The van der Waals surface area contributed by atoms with Crippen LogP contribution in [-0.2, 0) is 4.74 Å². The summed E-state index contributed by atoms with van der Waals surface area (Å²) >= 11 is 5.19. The maximum absolute atomic E-state index is 6.13. The van der Waals surface area contributed by atoms with Crippen LogP contribution in [0.1, 0.15) is 33.3 Å². The second-order valence-corrected chi connectivity index (χ2v) is 7.16. The molecule has 0 unspecified atom stereocenters. The highest BCUT2D eigenvalue weighted by Gasteiger charge is 2.38. The van der Waals surface area contributed by atoms with Crippen molar-refractivity contribution in [2.24, 2.45) is 5.73 Å². The van der Waals surface area contributed by atoms with E-state index in [0.29, 0.717) is 4.99 Å². The minimum atomic E-state index is -0.238. The molecule has 5 heteroatoms. The van der Waals surface area contributed by atoms with Crippen LogP contribution in [0.3, 0.4) is 0 Å². The van der Waals surface area contributed by atoms with Crippen molar-refractivity contribution in [3.63, 3.8) is 0 Å².